The van der Waals surface area contributed by atoms with E-state index in [1.165, 1.54) is 0 Å². The van der Waals surface area contributed by atoms with Gasteiger partial charge in [0.2, 0.25) is 0 Å². The first kappa shape index (κ1) is 14.1. The Bertz CT molecular complexity index is 650. The highest BCUT2D eigenvalue weighted by molar-refractivity contribution is 5.38. The Morgan fingerprint density at radius 2 is 2.20 bits per heavy atom. The minimum atomic E-state index is -0.141. The second-order valence-corrected chi connectivity index (χ2v) is 4.65. The molecule has 2 aromatic rings. The SMILES string of the molecule is CCCc1c(N)nc(Cc2cccc(OC)c2)[nH]c1=O. The van der Waals surface area contributed by atoms with Crippen molar-refractivity contribution in [2.75, 3.05) is 12.8 Å². The van der Waals surface area contributed by atoms with Crippen LogP contribution in [-0.4, -0.2) is 17.1 Å². The largest absolute Gasteiger partial charge is 0.497 e. The molecule has 0 unspecified atom stereocenters. The third-order valence-electron chi connectivity index (χ3n) is 3.10. The zero-order chi connectivity index (χ0) is 14.5. The Morgan fingerprint density at radius 1 is 1.40 bits per heavy atom. The van der Waals surface area contributed by atoms with E-state index in [-0.39, 0.29) is 5.56 Å². The van der Waals surface area contributed by atoms with Gasteiger partial charge in [-0.3, -0.25) is 4.79 Å². The van der Waals surface area contributed by atoms with Crippen LogP contribution in [-0.2, 0) is 12.8 Å². The number of benzene rings is 1. The number of nitrogen functional groups attached to an aromatic ring is 1. The van der Waals surface area contributed by atoms with Gasteiger partial charge in [-0.1, -0.05) is 25.5 Å². The fourth-order valence-electron chi connectivity index (χ4n) is 2.11. The number of hydrogen-bond donors (Lipinski definition) is 2. The monoisotopic (exact) mass is 273 g/mol. The molecular formula is C15H19N3O2. The molecule has 0 saturated heterocycles. The Kier molecular flexibility index (Phi) is 4.40. The molecule has 0 amide bonds. The molecule has 5 heteroatoms. The molecule has 0 spiro atoms. The van der Waals surface area contributed by atoms with Crippen molar-refractivity contribution in [2.45, 2.75) is 26.2 Å². The summed E-state index contributed by atoms with van der Waals surface area (Å²) in [6, 6.07) is 7.65. The number of aromatic nitrogens is 2. The van der Waals surface area contributed by atoms with E-state index in [0.29, 0.717) is 30.0 Å². The van der Waals surface area contributed by atoms with E-state index in [2.05, 4.69) is 9.97 Å². The van der Waals surface area contributed by atoms with Crippen molar-refractivity contribution in [1.29, 1.82) is 0 Å². The van der Waals surface area contributed by atoms with Crippen molar-refractivity contribution in [3.05, 3.63) is 51.6 Å². The van der Waals surface area contributed by atoms with Gasteiger partial charge < -0.3 is 15.5 Å². The maximum atomic E-state index is 12.0. The minimum Gasteiger partial charge on any atom is -0.497 e. The first-order valence-corrected chi connectivity index (χ1v) is 6.64. The molecule has 106 valence electrons. The second kappa shape index (κ2) is 6.23. The molecule has 0 bridgehead atoms. The lowest BCUT2D eigenvalue weighted by Crippen LogP contribution is -2.19. The van der Waals surface area contributed by atoms with Crippen molar-refractivity contribution in [1.82, 2.24) is 9.97 Å². The summed E-state index contributed by atoms with van der Waals surface area (Å²) in [5, 5.41) is 0. The van der Waals surface area contributed by atoms with Crippen LogP contribution in [0.4, 0.5) is 5.82 Å². The molecule has 2 rings (SSSR count). The number of aromatic amines is 1. The van der Waals surface area contributed by atoms with Crippen LogP contribution in [0.3, 0.4) is 0 Å². The van der Waals surface area contributed by atoms with Crippen molar-refractivity contribution < 1.29 is 4.74 Å². The van der Waals surface area contributed by atoms with E-state index in [9.17, 15) is 4.79 Å². The Hall–Kier alpha value is -2.30. The van der Waals surface area contributed by atoms with Crippen LogP contribution < -0.4 is 16.0 Å². The molecule has 0 fully saturated rings. The highest BCUT2D eigenvalue weighted by Gasteiger charge is 2.08. The summed E-state index contributed by atoms with van der Waals surface area (Å²) >= 11 is 0. The van der Waals surface area contributed by atoms with Gasteiger partial charge in [0.1, 0.15) is 17.4 Å². The summed E-state index contributed by atoms with van der Waals surface area (Å²) in [5.74, 6) is 1.68. The van der Waals surface area contributed by atoms with Crippen LogP contribution in [0.2, 0.25) is 0 Å². The van der Waals surface area contributed by atoms with Gasteiger partial charge in [0.05, 0.1) is 12.7 Å². The molecule has 1 aromatic heterocycles. The molecule has 3 N–H and O–H groups in total. The van der Waals surface area contributed by atoms with Crippen LogP contribution in [0, 0.1) is 0 Å². The average Bonchev–Trinajstić information content (AvgIpc) is 2.43. The average molecular weight is 273 g/mol. The topological polar surface area (TPSA) is 81.0 Å². The van der Waals surface area contributed by atoms with E-state index < -0.39 is 0 Å². The normalized spacial score (nSPS) is 10.5. The second-order valence-electron chi connectivity index (χ2n) is 4.65. The van der Waals surface area contributed by atoms with E-state index in [1.807, 2.05) is 31.2 Å². The molecule has 0 aliphatic rings. The van der Waals surface area contributed by atoms with Crippen molar-refractivity contribution >= 4 is 5.82 Å². The van der Waals surface area contributed by atoms with Crippen LogP contribution >= 0.6 is 0 Å². The minimum absolute atomic E-state index is 0.141. The summed E-state index contributed by atoms with van der Waals surface area (Å²) < 4.78 is 5.17. The summed E-state index contributed by atoms with van der Waals surface area (Å²) in [5.41, 5.74) is 7.30. The molecule has 0 aliphatic heterocycles. The number of ether oxygens (including phenoxy) is 1. The lowest BCUT2D eigenvalue weighted by atomic mass is 10.1. The molecule has 0 aliphatic carbocycles. The standard InChI is InChI=1S/C15H19N3O2/c1-3-5-12-14(16)17-13(18-15(12)19)9-10-6-4-7-11(8-10)20-2/h4,6-8H,3,5,9H2,1-2H3,(H3,16,17,18,19). The number of anilines is 1. The van der Waals surface area contributed by atoms with Gasteiger partial charge in [0, 0.05) is 6.42 Å². The van der Waals surface area contributed by atoms with Gasteiger partial charge in [-0.2, -0.15) is 0 Å². The number of rotatable bonds is 5. The number of nitrogens with two attached hydrogens (primary N) is 1. The molecule has 0 saturated carbocycles. The van der Waals surface area contributed by atoms with Crippen molar-refractivity contribution in [2.24, 2.45) is 0 Å². The number of nitrogens with zero attached hydrogens (tertiary/aromatic N) is 1. The Balaban J connectivity index is 2.28. The first-order valence-electron chi connectivity index (χ1n) is 6.64. The fraction of sp³-hybridized carbons (Fsp3) is 0.333. The number of methoxy groups -OCH3 is 1. The van der Waals surface area contributed by atoms with E-state index in [4.69, 9.17) is 10.5 Å². The fourth-order valence-corrected chi connectivity index (χ4v) is 2.11. The predicted molar refractivity (Wildman–Crippen MR) is 79.1 cm³/mol. The highest BCUT2D eigenvalue weighted by Crippen LogP contribution is 2.15. The first-order chi connectivity index (χ1) is 9.63. The molecule has 1 heterocycles. The molecular weight excluding hydrogens is 254 g/mol. The number of nitrogens with one attached hydrogen (secondary N) is 1. The van der Waals surface area contributed by atoms with Crippen LogP contribution in [0.5, 0.6) is 5.75 Å². The summed E-state index contributed by atoms with van der Waals surface area (Å²) in [7, 11) is 1.62. The van der Waals surface area contributed by atoms with Gasteiger partial charge >= 0.3 is 0 Å². The molecule has 0 atom stereocenters. The quantitative estimate of drug-likeness (QED) is 0.872. The molecule has 0 radical (unpaired) electrons. The molecule has 5 nitrogen and oxygen atoms in total. The zero-order valence-corrected chi connectivity index (χ0v) is 11.8. The zero-order valence-electron chi connectivity index (χ0n) is 11.8. The summed E-state index contributed by atoms with van der Waals surface area (Å²) in [4.78, 5) is 19.0. The number of hydrogen-bond acceptors (Lipinski definition) is 4. The Morgan fingerprint density at radius 3 is 2.85 bits per heavy atom. The lowest BCUT2D eigenvalue weighted by molar-refractivity contribution is 0.414. The summed E-state index contributed by atoms with van der Waals surface area (Å²) in [6.45, 7) is 2.00. The van der Waals surface area contributed by atoms with Crippen LogP contribution in [0.15, 0.2) is 29.1 Å². The van der Waals surface area contributed by atoms with Gasteiger partial charge in [-0.15, -0.1) is 0 Å². The molecule has 20 heavy (non-hydrogen) atoms. The van der Waals surface area contributed by atoms with E-state index >= 15 is 0 Å². The number of H-pyrrole nitrogens is 1. The van der Waals surface area contributed by atoms with E-state index in [1.54, 1.807) is 7.11 Å². The maximum absolute atomic E-state index is 12.0. The summed E-state index contributed by atoms with van der Waals surface area (Å²) in [6.07, 6.45) is 2.03. The van der Waals surface area contributed by atoms with Crippen LogP contribution in [0.1, 0.15) is 30.3 Å². The van der Waals surface area contributed by atoms with Gasteiger partial charge in [0.15, 0.2) is 0 Å². The van der Waals surface area contributed by atoms with Gasteiger partial charge in [-0.05, 0) is 24.1 Å². The van der Waals surface area contributed by atoms with Crippen LogP contribution in [0.25, 0.3) is 0 Å². The van der Waals surface area contributed by atoms with E-state index in [0.717, 1.165) is 17.7 Å². The van der Waals surface area contributed by atoms with Gasteiger partial charge in [0.25, 0.3) is 5.56 Å². The third-order valence-corrected chi connectivity index (χ3v) is 3.10. The van der Waals surface area contributed by atoms with Gasteiger partial charge in [-0.25, -0.2) is 4.98 Å². The third kappa shape index (κ3) is 3.17. The molecule has 1 aromatic carbocycles. The van der Waals surface area contributed by atoms with Crippen molar-refractivity contribution in [3.8, 4) is 5.75 Å². The predicted octanol–water partition coefficient (Wildman–Crippen LogP) is 1.90. The highest BCUT2D eigenvalue weighted by atomic mass is 16.5. The lowest BCUT2D eigenvalue weighted by Gasteiger charge is -2.07. The van der Waals surface area contributed by atoms with Crippen molar-refractivity contribution in [3.63, 3.8) is 0 Å². The Labute approximate surface area is 117 Å². The maximum Gasteiger partial charge on any atom is 0.256 e. The smallest absolute Gasteiger partial charge is 0.256 e.